The second-order valence-corrected chi connectivity index (χ2v) is 5.57. The van der Waals surface area contributed by atoms with Crippen molar-refractivity contribution in [3.05, 3.63) is 58.1 Å². The first-order valence-electron chi connectivity index (χ1n) is 6.54. The van der Waals surface area contributed by atoms with Gasteiger partial charge in [-0.25, -0.2) is 0 Å². The largest absolute Gasteiger partial charge is 0.484 e. The molecule has 0 aromatic heterocycles. The zero-order chi connectivity index (χ0) is 15.2. The molecule has 0 saturated heterocycles. The molecule has 3 N–H and O–H groups in total. The molecule has 0 atom stereocenters. The maximum absolute atomic E-state index is 10.7. The van der Waals surface area contributed by atoms with Gasteiger partial charge in [0.15, 0.2) is 6.61 Å². The fraction of sp³-hybridized carbons (Fsp3) is 0.188. The first-order chi connectivity index (χ1) is 10.0. The summed E-state index contributed by atoms with van der Waals surface area (Å²) < 4.78 is 6.37. The van der Waals surface area contributed by atoms with E-state index in [4.69, 9.17) is 10.5 Å². The van der Waals surface area contributed by atoms with Gasteiger partial charge in [-0.15, -0.1) is 0 Å². The van der Waals surface area contributed by atoms with E-state index in [-0.39, 0.29) is 6.61 Å². The van der Waals surface area contributed by atoms with E-state index in [0.717, 1.165) is 10.2 Å². The molecule has 0 fully saturated rings. The molecule has 2 aromatic carbocycles. The minimum Gasteiger partial charge on any atom is -0.484 e. The number of ether oxygens (including phenoxy) is 1. The van der Waals surface area contributed by atoms with Crippen LogP contribution in [0.5, 0.6) is 5.75 Å². The molecule has 0 aliphatic rings. The van der Waals surface area contributed by atoms with Gasteiger partial charge in [0.05, 0.1) is 0 Å². The number of anilines is 1. The molecule has 0 aliphatic carbocycles. The average molecular weight is 349 g/mol. The number of carbonyl (C=O) groups excluding carboxylic acids is 1. The molecule has 2 aromatic rings. The number of nitrogens with one attached hydrogen (secondary N) is 1. The van der Waals surface area contributed by atoms with Crippen molar-refractivity contribution in [1.82, 2.24) is 0 Å². The zero-order valence-electron chi connectivity index (χ0n) is 11.7. The van der Waals surface area contributed by atoms with E-state index in [9.17, 15) is 4.79 Å². The van der Waals surface area contributed by atoms with Gasteiger partial charge in [0, 0.05) is 22.8 Å². The summed E-state index contributed by atoms with van der Waals surface area (Å²) >= 11 is 3.53. The Morgan fingerprint density at radius 3 is 2.81 bits per heavy atom. The van der Waals surface area contributed by atoms with Crippen LogP contribution in [0.3, 0.4) is 0 Å². The van der Waals surface area contributed by atoms with Crippen molar-refractivity contribution in [2.75, 3.05) is 11.9 Å². The Hall–Kier alpha value is -2.01. The Morgan fingerprint density at radius 1 is 1.29 bits per heavy atom. The first-order valence-corrected chi connectivity index (χ1v) is 7.34. The van der Waals surface area contributed by atoms with E-state index in [2.05, 4.69) is 46.4 Å². The minimum absolute atomic E-state index is 0.117. The highest BCUT2D eigenvalue weighted by Gasteiger charge is 2.01. The van der Waals surface area contributed by atoms with Crippen LogP contribution in [0, 0.1) is 6.92 Å². The molecule has 5 heteroatoms. The normalized spacial score (nSPS) is 10.2. The van der Waals surface area contributed by atoms with Gasteiger partial charge in [0.1, 0.15) is 5.75 Å². The molecule has 0 aliphatic heterocycles. The SMILES string of the molecule is Cc1ccc(CNc2cccc(OCC(N)=O)c2)cc1Br. The Balaban J connectivity index is 1.97. The van der Waals surface area contributed by atoms with Crippen LogP contribution in [0.4, 0.5) is 5.69 Å². The summed E-state index contributed by atoms with van der Waals surface area (Å²) in [5.74, 6) is 0.127. The van der Waals surface area contributed by atoms with Gasteiger partial charge < -0.3 is 15.8 Å². The standard InChI is InChI=1S/C16H17BrN2O2/c1-11-5-6-12(7-15(11)17)9-19-13-3-2-4-14(8-13)21-10-16(18)20/h2-8,19H,9-10H2,1H3,(H2,18,20). The Labute approximate surface area is 132 Å². The fourth-order valence-corrected chi connectivity index (χ4v) is 2.23. The van der Waals surface area contributed by atoms with E-state index < -0.39 is 5.91 Å². The quantitative estimate of drug-likeness (QED) is 0.842. The van der Waals surface area contributed by atoms with Crippen LogP contribution in [-0.2, 0) is 11.3 Å². The lowest BCUT2D eigenvalue weighted by molar-refractivity contribution is -0.119. The van der Waals surface area contributed by atoms with Gasteiger partial charge in [0.25, 0.3) is 5.91 Å². The van der Waals surface area contributed by atoms with Crippen molar-refractivity contribution in [2.45, 2.75) is 13.5 Å². The lowest BCUT2D eigenvalue weighted by Gasteiger charge is -2.10. The fourth-order valence-electron chi connectivity index (χ4n) is 1.80. The van der Waals surface area contributed by atoms with Crippen molar-refractivity contribution in [3.63, 3.8) is 0 Å². The van der Waals surface area contributed by atoms with Gasteiger partial charge in [-0.1, -0.05) is 34.1 Å². The van der Waals surface area contributed by atoms with Gasteiger partial charge in [0.2, 0.25) is 0 Å². The molecule has 0 radical (unpaired) electrons. The lowest BCUT2D eigenvalue weighted by Crippen LogP contribution is -2.20. The van der Waals surface area contributed by atoms with Gasteiger partial charge in [-0.2, -0.15) is 0 Å². The van der Waals surface area contributed by atoms with Crippen LogP contribution in [0.25, 0.3) is 0 Å². The van der Waals surface area contributed by atoms with Crippen LogP contribution >= 0.6 is 15.9 Å². The molecule has 0 bridgehead atoms. The number of halogens is 1. The summed E-state index contributed by atoms with van der Waals surface area (Å²) in [5.41, 5.74) is 8.37. The Morgan fingerprint density at radius 2 is 2.10 bits per heavy atom. The molecule has 0 saturated carbocycles. The number of nitrogens with two attached hydrogens (primary N) is 1. The second-order valence-electron chi connectivity index (χ2n) is 4.72. The van der Waals surface area contributed by atoms with Crippen LogP contribution in [0.15, 0.2) is 46.9 Å². The zero-order valence-corrected chi connectivity index (χ0v) is 13.3. The third-order valence-corrected chi connectivity index (χ3v) is 3.80. The molecule has 0 unspecified atom stereocenters. The number of rotatable bonds is 6. The van der Waals surface area contributed by atoms with Gasteiger partial charge in [-0.05, 0) is 36.2 Å². The van der Waals surface area contributed by atoms with E-state index in [1.807, 2.05) is 18.2 Å². The highest BCUT2D eigenvalue weighted by atomic mass is 79.9. The van der Waals surface area contributed by atoms with Gasteiger partial charge in [-0.3, -0.25) is 4.79 Å². The summed E-state index contributed by atoms with van der Waals surface area (Å²) in [7, 11) is 0. The molecule has 21 heavy (non-hydrogen) atoms. The number of benzene rings is 2. The van der Waals surface area contributed by atoms with Crippen LogP contribution in [0.1, 0.15) is 11.1 Å². The van der Waals surface area contributed by atoms with E-state index >= 15 is 0 Å². The number of primary amides is 1. The van der Waals surface area contributed by atoms with E-state index in [1.54, 1.807) is 6.07 Å². The van der Waals surface area contributed by atoms with Crippen LogP contribution in [0.2, 0.25) is 0 Å². The Kier molecular flexibility index (Phi) is 5.22. The number of hydrogen-bond acceptors (Lipinski definition) is 3. The number of amides is 1. The van der Waals surface area contributed by atoms with Crippen molar-refractivity contribution in [1.29, 1.82) is 0 Å². The number of aryl methyl sites for hydroxylation is 1. The molecule has 4 nitrogen and oxygen atoms in total. The van der Waals surface area contributed by atoms with Crippen LogP contribution in [-0.4, -0.2) is 12.5 Å². The molecule has 1 amide bonds. The molecule has 2 rings (SSSR count). The van der Waals surface area contributed by atoms with Crippen molar-refractivity contribution >= 4 is 27.5 Å². The highest BCUT2D eigenvalue weighted by Crippen LogP contribution is 2.20. The lowest BCUT2D eigenvalue weighted by atomic mass is 10.1. The first kappa shape index (κ1) is 15.4. The van der Waals surface area contributed by atoms with Gasteiger partial charge >= 0.3 is 0 Å². The summed E-state index contributed by atoms with van der Waals surface area (Å²) in [6.07, 6.45) is 0. The average Bonchev–Trinajstić information content (AvgIpc) is 2.47. The minimum atomic E-state index is -0.488. The third-order valence-electron chi connectivity index (χ3n) is 2.95. The number of carbonyl (C=O) groups is 1. The number of hydrogen-bond donors (Lipinski definition) is 2. The highest BCUT2D eigenvalue weighted by molar-refractivity contribution is 9.10. The summed E-state index contributed by atoms with van der Waals surface area (Å²) in [6, 6.07) is 13.7. The predicted octanol–water partition coefficient (Wildman–Crippen LogP) is 3.23. The molecule has 0 heterocycles. The van der Waals surface area contributed by atoms with E-state index in [0.29, 0.717) is 12.3 Å². The maximum Gasteiger partial charge on any atom is 0.255 e. The second kappa shape index (κ2) is 7.13. The summed E-state index contributed by atoms with van der Waals surface area (Å²) in [4.78, 5) is 10.7. The monoisotopic (exact) mass is 348 g/mol. The Bertz CT molecular complexity index is 644. The summed E-state index contributed by atoms with van der Waals surface area (Å²) in [5, 5.41) is 3.32. The smallest absolute Gasteiger partial charge is 0.255 e. The van der Waals surface area contributed by atoms with Crippen molar-refractivity contribution < 1.29 is 9.53 Å². The molecular weight excluding hydrogens is 332 g/mol. The maximum atomic E-state index is 10.7. The third kappa shape index (κ3) is 4.79. The van der Waals surface area contributed by atoms with Crippen molar-refractivity contribution in [2.24, 2.45) is 5.73 Å². The molecule has 110 valence electrons. The molecule has 0 spiro atoms. The van der Waals surface area contributed by atoms with Crippen LogP contribution < -0.4 is 15.8 Å². The van der Waals surface area contributed by atoms with E-state index in [1.165, 1.54) is 11.1 Å². The summed E-state index contributed by atoms with van der Waals surface area (Å²) in [6.45, 7) is 2.65. The molecular formula is C16H17BrN2O2. The predicted molar refractivity (Wildman–Crippen MR) is 87.3 cm³/mol. The topological polar surface area (TPSA) is 64.3 Å². The van der Waals surface area contributed by atoms with Crippen molar-refractivity contribution in [3.8, 4) is 5.75 Å².